The predicted octanol–water partition coefficient (Wildman–Crippen LogP) is 2.37. The first kappa shape index (κ1) is 10.5. The second-order valence-electron chi connectivity index (χ2n) is 2.92. The number of hydrogen-bond donors (Lipinski definition) is 1. The lowest BCUT2D eigenvalue weighted by molar-refractivity contribution is 0.182. The minimum absolute atomic E-state index is 0.390. The summed E-state index contributed by atoms with van der Waals surface area (Å²) in [6.45, 7) is 2.92. The highest BCUT2D eigenvalue weighted by Gasteiger charge is 2.07. The van der Waals surface area contributed by atoms with Gasteiger partial charge in [0.25, 0.3) is 0 Å². The summed E-state index contributed by atoms with van der Waals surface area (Å²) >= 11 is 1.63. The molecule has 0 aliphatic rings. The van der Waals surface area contributed by atoms with Gasteiger partial charge in [0.15, 0.2) is 5.13 Å². The summed E-state index contributed by atoms with van der Waals surface area (Å²) in [6.07, 6.45) is 4.09. The molecule has 0 aliphatic heterocycles. The van der Waals surface area contributed by atoms with Crippen LogP contribution in [0.2, 0.25) is 0 Å². The Morgan fingerprint density at radius 1 is 1.69 bits per heavy atom. The van der Waals surface area contributed by atoms with Crippen LogP contribution in [-0.4, -0.2) is 24.7 Å². The van der Waals surface area contributed by atoms with Gasteiger partial charge in [-0.1, -0.05) is 13.3 Å². The van der Waals surface area contributed by atoms with Gasteiger partial charge < -0.3 is 10.1 Å². The number of anilines is 1. The highest BCUT2D eigenvalue weighted by Crippen LogP contribution is 2.13. The summed E-state index contributed by atoms with van der Waals surface area (Å²) < 4.78 is 5.12. The van der Waals surface area contributed by atoms with Gasteiger partial charge in [0.05, 0.1) is 12.6 Å². The van der Waals surface area contributed by atoms with E-state index in [1.807, 2.05) is 11.6 Å². The standard InChI is InChI=1S/C9H16N2OS/c1-3-4-8(7-12-2)11-9-10-5-6-13-9/h5-6,8H,3-4,7H2,1-2H3,(H,10,11). The average molecular weight is 200 g/mol. The average Bonchev–Trinajstić information content (AvgIpc) is 2.58. The van der Waals surface area contributed by atoms with Crippen molar-refractivity contribution in [1.82, 2.24) is 4.98 Å². The molecule has 0 bridgehead atoms. The molecule has 0 fully saturated rings. The largest absolute Gasteiger partial charge is 0.383 e. The van der Waals surface area contributed by atoms with Gasteiger partial charge >= 0.3 is 0 Å². The Balaban J connectivity index is 2.37. The molecule has 0 radical (unpaired) electrons. The molecule has 1 heterocycles. The van der Waals surface area contributed by atoms with E-state index in [2.05, 4.69) is 17.2 Å². The topological polar surface area (TPSA) is 34.1 Å². The van der Waals surface area contributed by atoms with Gasteiger partial charge in [0.2, 0.25) is 0 Å². The molecule has 13 heavy (non-hydrogen) atoms. The molecule has 3 nitrogen and oxygen atoms in total. The minimum atomic E-state index is 0.390. The summed E-state index contributed by atoms with van der Waals surface area (Å²) in [5, 5.41) is 6.30. The Hall–Kier alpha value is -0.610. The number of rotatable bonds is 6. The molecule has 1 N–H and O–H groups in total. The molecule has 0 saturated carbocycles. The van der Waals surface area contributed by atoms with E-state index >= 15 is 0 Å². The van der Waals surface area contributed by atoms with Crippen molar-refractivity contribution in [2.45, 2.75) is 25.8 Å². The van der Waals surface area contributed by atoms with Crippen molar-refractivity contribution in [2.75, 3.05) is 19.0 Å². The molecule has 4 heteroatoms. The maximum atomic E-state index is 5.12. The highest BCUT2D eigenvalue weighted by atomic mass is 32.1. The SMILES string of the molecule is CCCC(COC)Nc1nccs1. The number of aromatic nitrogens is 1. The lowest BCUT2D eigenvalue weighted by Gasteiger charge is -2.15. The number of ether oxygens (including phenoxy) is 1. The van der Waals surface area contributed by atoms with Gasteiger partial charge in [-0.15, -0.1) is 11.3 Å². The second kappa shape index (κ2) is 5.94. The van der Waals surface area contributed by atoms with Crippen LogP contribution in [0.1, 0.15) is 19.8 Å². The number of nitrogens with one attached hydrogen (secondary N) is 1. The van der Waals surface area contributed by atoms with E-state index in [9.17, 15) is 0 Å². The van der Waals surface area contributed by atoms with Crippen molar-refractivity contribution in [2.24, 2.45) is 0 Å². The fraction of sp³-hybridized carbons (Fsp3) is 0.667. The molecule has 1 rings (SSSR count). The van der Waals surface area contributed by atoms with E-state index in [1.54, 1.807) is 18.4 Å². The highest BCUT2D eigenvalue weighted by molar-refractivity contribution is 7.13. The van der Waals surface area contributed by atoms with Crippen molar-refractivity contribution >= 4 is 16.5 Å². The van der Waals surface area contributed by atoms with Crippen LogP contribution in [0.5, 0.6) is 0 Å². The van der Waals surface area contributed by atoms with Gasteiger partial charge in [0, 0.05) is 18.7 Å². The zero-order chi connectivity index (χ0) is 9.52. The molecule has 1 atom stereocenters. The molecule has 1 unspecified atom stereocenters. The van der Waals surface area contributed by atoms with Crippen LogP contribution in [0.3, 0.4) is 0 Å². The second-order valence-corrected chi connectivity index (χ2v) is 3.82. The summed E-state index contributed by atoms with van der Waals surface area (Å²) in [7, 11) is 1.73. The quantitative estimate of drug-likeness (QED) is 0.765. The van der Waals surface area contributed by atoms with Gasteiger partial charge in [0.1, 0.15) is 0 Å². The Labute approximate surface area is 83.1 Å². The minimum Gasteiger partial charge on any atom is -0.383 e. The van der Waals surface area contributed by atoms with Crippen LogP contribution < -0.4 is 5.32 Å². The van der Waals surface area contributed by atoms with Crippen LogP contribution in [-0.2, 0) is 4.74 Å². The number of nitrogens with zero attached hydrogens (tertiary/aromatic N) is 1. The van der Waals surface area contributed by atoms with Crippen molar-refractivity contribution in [3.63, 3.8) is 0 Å². The van der Waals surface area contributed by atoms with Crippen LogP contribution in [0.25, 0.3) is 0 Å². The smallest absolute Gasteiger partial charge is 0.182 e. The summed E-state index contributed by atoms with van der Waals surface area (Å²) in [5.74, 6) is 0. The van der Waals surface area contributed by atoms with E-state index in [1.165, 1.54) is 0 Å². The maximum Gasteiger partial charge on any atom is 0.182 e. The molecule has 0 aromatic carbocycles. The number of hydrogen-bond acceptors (Lipinski definition) is 4. The lowest BCUT2D eigenvalue weighted by atomic mass is 10.2. The summed E-state index contributed by atoms with van der Waals surface area (Å²) in [4.78, 5) is 4.17. The first-order valence-electron chi connectivity index (χ1n) is 4.51. The van der Waals surface area contributed by atoms with Crippen molar-refractivity contribution in [3.05, 3.63) is 11.6 Å². The molecule has 0 saturated heterocycles. The summed E-state index contributed by atoms with van der Waals surface area (Å²) in [5.41, 5.74) is 0. The molecule has 74 valence electrons. The lowest BCUT2D eigenvalue weighted by Crippen LogP contribution is -2.24. The van der Waals surface area contributed by atoms with E-state index < -0.39 is 0 Å². The van der Waals surface area contributed by atoms with Crippen LogP contribution in [0.4, 0.5) is 5.13 Å². The summed E-state index contributed by atoms with van der Waals surface area (Å²) in [6, 6.07) is 0.390. The van der Waals surface area contributed by atoms with E-state index in [4.69, 9.17) is 4.74 Å². The maximum absolute atomic E-state index is 5.12. The molecule has 0 spiro atoms. The van der Waals surface area contributed by atoms with Gasteiger partial charge in [-0.3, -0.25) is 0 Å². The fourth-order valence-corrected chi connectivity index (χ4v) is 1.82. The van der Waals surface area contributed by atoms with Gasteiger partial charge in [-0.05, 0) is 6.42 Å². The molecule has 0 amide bonds. The van der Waals surface area contributed by atoms with Crippen molar-refractivity contribution in [3.8, 4) is 0 Å². The van der Waals surface area contributed by atoms with Crippen molar-refractivity contribution < 1.29 is 4.74 Å². The van der Waals surface area contributed by atoms with E-state index in [-0.39, 0.29) is 0 Å². The zero-order valence-corrected chi connectivity index (χ0v) is 8.93. The zero-order valence-electron chi connectivity index (χ0n) is 8.12. The third-order valence-corrected chi connectivity index (χ3v) is 2.47. The number of thiazole rings is 1. The first-order chi connectivity index (χ1) is 6.36. The Morgan fingerprint density at radius 2 is 2.54 bits per heavy atom. The fourth-order valence-electron chi connectivity index (χ4n) is 1.22. The van der Waals surface area contributed by atoms with Gasteiger partial charge in [-0.2, -0.15) is 0 Å². The van der Waals surface area contributed by atoms with Crippen LogP contribution in [0.15, 0.2) is 11.6 Å². The number of methoxy groups -OCH3 is 1. The first-order valence-corrected chi connectivity index (χ1v) is 5.39. The Kier molecular flexibility index (Phi) is 4.78. The third-order valence-electron chi connectivity index (χ3n) is 1.76. The third kappa shape index (κ3) is 3.74. The Morgan fingerprint density at radius 3 is 3.08 bits per heavy atom. The van der Waals surface area contributed by atoms with Gasteiger partial charge in [-0.25, -0.2) is 4.98 Å². The van der Waals surface area contributed by atoms with Crippen LogP contribution >= 0.6 is 11.3 Å². The molecule has 1 aromatic rings. The molecular formula is C9H16N2OS. The Bertz CT molecular complexity index is 207. The molecule has 1 aromatic heterocycles. The molecule has 0 aliphatic carbocycles. The normalized spacial score (nSPS) is 12.8. The van der Waals surface area contributed by atoms with Crippen LogP contribution in [0, 0.1) is 0 Å². The molecular weight excluding hydrogens is 184 g/mol. The van der Waals surface area contributed by atoms with E-state index in [0.29, 0.717) is 6.04 Å². The van der Waals surface area contributed by atoms with E-state index in [0.717, 1.165) is 24.6 Å². The monoisotopic (exact) mass is 200 g/mol. The van der Waals surface area contributed by atoms with Crippen molar-refractivity contribution in [1.29, 1.82) is 0 Å². The predicted molar refractivity (Wildman–Crippen MR) is 56.3 cm³/mol.